The predicted octanol–water partition coefficient (Wildman–Crippen LogP) is 4.49. The van der Waals surface area contributed by atoms with Crippen molar-refractivity contribution in [2.75, 3.05) is 11.4 Å². The van der Waals surface area contributed by atoms with Crippen LogP contribution in [0.3, 0.4) is 0 Å². The first-order valence-electron chi connectivity index (χ1n) is 6.56. The molecule has 0 spiro atoms. The summed E-state index contributed by atoms with van der Waals surface area (Å²) >= 11 is 5.27. The maximum absolute atomic E-state index is 9.21. The van der Waals surface area contributed by atoms with Gasteiger partial charge in [-0.1, -0.05) is 23.4 Å². The van der Waals surface area contributed by atoms with Gasteiger partial charge in [0.1, 0.15) is 0 Å². The van der Waals surface area contributed by atoms with Crippen LogP contribution in [0.1, 0.15) is 23.3 Å². The van der Waals surface area contributed by atoms with E-state index in [1.165, 1.54) is 4.88 Å². The molecule has 2 aromatic rings. The Morgan fingerprint density at radius 1 is 1.35 bits per heavy atom. The molecule has 0 radical (unpaired) electrons. The van der Waals surface area contributed by atoms with Crippen LogP contribution in [0.5, 0.6) is 0 Å². The molecule has 0 atom stereocenters. The molecule has 0 saturated carbocycles. The average molecular weight is 351 g/mol. The first-order valence-corrected chi connectivity index (χ1v) is 8.23. The molecule has 0 amide bonds. The van der Waals surface area contributed by atoms with Crippen molar-refractivity contribution in [3.05, 3.63) is 50.6 Å². The first kappa shape index (κ1) is 13.6. The number of rotatable bonds is 2. The molecule has 1 aliphatic heterocycles. The van der Waals surface area contributed by atoms with Gasteiger partial charge in [-0.25, -0.2) is 0 Å². The summed E-state index contributed by atoms with van der Waals surface area (Å²) in [6.07, 6.45) is 1.82. The molecule has 0 fully saturated rings. The van der Waals surface area contributed by atoms with Gasteiger partial charge in [-0.05, 0) is 40.9 Å². The van der Waals surface area contributed by atoms with Gasteiger partial charge in [-0.2, -0.15) is 0 Å². The lowest BCUT2D eigenvalue weighted by Crippen LogP contribution is -2.23. The van der Waals surface area contributed by atoms with E-state index in [0.29, 0.717) is 0 Å². The summed E-state index contributed by atoms with van der Waals surface area (Å²) in [5.41, 5.74) is 2.99. The number of anilines is 1. The maximum Gasteiger partial charge on any atom is 0.0889 e. The van der Waals surface area contributed by atoms with Crippen LogP contribution in [0, 0.1) is 0 Å². The minimum Gasteiger partial charge on any atom is -0.411 e. The van der Waals surface area contributed by atoms with E-state index in [1.807, 2.05) is 18.2 Å². The zero-order valence-electron chi connectivity index (χ0n) is 10.9. The Labute approximate surface area is 130 Å². The molecule has 3 nitrogen and oxygen atoms in total. The summed E-state index contributed by atoms with van der Waals surface area (Å²) in [5.74, 6) is 0. The quantitative estimate of drug-likeness (QED) is 0.639. The highest BCUT2D eigenvalue weighted by molar-refractivity contribution is 9.10. The minimum absolute atomic E-state index is 0.787. The first-order chi connectivity index (χ1) is 9.78. The second-order valence-corrected chi connectivity index (χ2v) is 6.73. The van der Waals surface area contributed by atoms with Crippen LogP contribution in [0.4, 0.5) is 5.69 Å². The van der Waals surface area contributed by atoms with Crippen molar-refractivity contribution in [1.29, 1.82) is 0 Å². The lowest BCUT2D eigenvalue weighted by atomic mass is 10.1. The van der Waals surface area contributed by atoms with Crippen LogP contribution >= 0.6 is 27.3 Å². The fraction of sp³-hybridized carbons (Fsp3) is 0.267. The Hall–Kier alpha value is -1.33. The van der Waals surface area contributed by atoms with Gasteiger partial charge in [0.15, 0.2) is 0 Å². The summed E-state index contributed by atoms with van der Waals surface area (Å²) in [5, 5.41) is 14.8. The summed E-state index contributed by atoms with van der Waals surface area (Å²) in [4.78, 5) is 3.70. The Kier molecular flexibility index (Phi) is 4.08. The highest BCUT2D eigenvalue weighted by atomic mass is 79.9. The molecule has 0 aliphatic carbocycles. The third-order valence-corrected chi connectivity index (χ3v) is 5.17. The molecule has 104 valence electrons. The Morgan fingerprint density at radius 2 is 2.20 bits per heavy atom. The molecule has 0 unspecified atom stereocenters. The molecular formula is C15H15BrN2OS. The van der Waals surface area contributed by atoms with Gasteiger partial charge in [-0.15, -0.1) is 11.3 Å². The Morgan fingerprint density at radius 3 is 2.95 bits per heavy atom. The van der Waals surface area contributed by atoms with E-state index in [1.54, 1.807) is 11.3 Å². The van der Waals surface area contributed by atoms with Gasteiger partial charge in [0.05, 0.1) is 12.3 Å². The largest absolute Gasteiger partial charge is 0.411 e. The smallest absolute Gasteiger partial charge is 0.0889 e. The fourth-order valence-electron chi connectivity index (χ4n) is 2.58. The van der Waals surface area contributed by atoms with Crippen molar-refractivity contribution in [1.82, 2.24) is 0 Å². The summed E-state index contributed by atoms with van der Waals surface area (Å²) in [6, 6.07) is 10.3. The summed E-state index contributed by atoms with van der Waals surface area (Å²) in [7, 11) is 0. The van der Waals surface area contributed by atoms with E-state index in [-0.39, 0.29) is 0 Å². The summed E-state index contributed by atoms with van der Waals surface area (Å²) in [6.45, 7) is 1.87. The number of hydrogen-bond donors (Lipinski definition) is 1. The number of hydrogen-bond acceptors (Lipinski definition) is 4. The predicted molar refractivity (Wildman–Crippen MR) is 87.1 cm³/mol. The van der Waals surface area contributed by atoms with E-state index >= 15 is 0 Å². The number of fused-ring (bicyclic) bond motifs is 1. The highest BCUT2D eigenvalue weighted by Gasteiger charge is 2.20. The van der Waals surface area contributed by atoms with E-state index in [2.05, 4.69) is 43.5 Å². The maximum atomic E-state index is 9.21. The van der Waals surface area contributed by atoms with Gasteiger partial charge in [-0.3, -0.25) is 0 Å². The second kappa shape index (κ2) is 5.97. The molecule has 2 heterocycles. The second-order valence-electron chi connectivity index (χ2n) is 4.82. The monoisotopic (exact) mass is 350 g/mol. The van der Waals surface area contributed by atoms with Crippen LogP contribution in [0.2, 0.25) is 0 Å². The van der Waals surface area contributed by atoms with Crippen molar-refractivity contribution in [3.8, 4) is 0 Å². The number of halogens is 1. The molecule has 1 aromatic carbocycles. The Balaban J connectivity index is 1.95. The average Bonchev–Trinajstić information content (AvgIpc) is 2.79. The SMILES string of the molecule is O/N=C1/CCCN(Cc2cc(Br)cs2)c2ccccc21. The zero-order chi connectivity index (χ0) is 13.9. The highest BCUT2D eigenvalue weighted by Crippen LogP contribution is 2.29. The molecule has 1 N–H and O–H groups in total. The standard InChI is InChI=1S/C15H15BrN2OS/c16-11-8-12(20-10-11)9-18-7-3-5-14(17-19)13-4-1-2-6-15(13)18/h1-2,4,6,8,10,19H,3,5,7,9H2/b17-14-. The van der Waals surface area contributed by atoms with Gasteiger partial charge in [0.25, 0.3) is 0 Å². The molecule has 0 bridgehead atoms. The summed E-state index contributed by atoms with van der Waals surface area (Å²) < 4.78 is 1.14. The third kappa shape index (κ3) is 2.74. The zero-order valence-corrected chi connectivity index (χ0v) is 13.3. The Bertz CT molecular complexity index is 638. The molecule has 5 heteroatoms. The number of benzene rings is 1. The van der Waals surface area contributed by atoms with Crippen molar-refractivity contribution in [2.24, 2.45) is 5.16 Å². The van der Waals surface area contributed by atoms with Gasteiger partial charge >= 0.3 is 0 Å². The minimum atomic E-state index is 0.787. The molecule has 1 aliphatic rings. The van der Waals surface area contributed by atoms with E-state index in [0.717, 1.165) is 47.4 Å². The molecular weight excluding hydrogens is 336 g/mol. The normalized spacial score (nSPS) is 17.1. The van der Waals surface area contributed by atoms with Gasteiger partial charge < -0.3 is 10.1 Å². The number of thiophene rings is 1. The van der Waals surface area contributed by atoms with Crippen molar-refractivity contribution in [3.63, 3.8) is 0 Å². The van der Waals surface area contributed by atoms with E-state index < -0.39 is 0 Å². The topological polar surface area (TPSA) is 35.8 Å². The van der Waals surface area contributed by atoms with Crippen LogP contribution in [-0.4, -0.2) is 17.5 Å². The number of nitrogens with zero attached hydrogens (tertiary/aromatic N) is 2. The molecule has 1 aromatic heterocycles. The van der Waals surface area contributed by atoms with Crippen LogP contribution in [-0.2, 0) is 6.54 Å². The molecule has 20 heavy (non-hydrogen) atoms. The van der Waals surface area contributed by atoms with Crippen LogP contribution in [0.15, 0.2) is 45.3 Å². The lowest BCUT2D eigenvalue weighted by Gasteiger charge is -2.24. The fourth-order valence-corrected chi connectivity index (χ4v) is 4.04. The number of oxime groups is 1. The van der Waals surface area contributed by atoms with E-state index in [4.69, 9.17) is 0 Å². The van der Waals surface area contributed by atoms with E-state index in [9.17, 15) is 5.21 Å². The van der Waals surface area contributed by atoms with Crippen LogP contribution < -0.4 is 4.90 Å². The van der Waals surface area contributed by atoms with Crippen LogP contribution in [0.25, 0.3) is 0 Å². The van der Waals surface area contributed by atoms with Crippen molar-refractivity contribution in [2.45, 2.75) is 19.4 Å². The van der Waals surface area contributed by atoms with Crippen molar-refractivity contribution < 1.29 is 5.21 Å². The third-order valence-electron chi connectivity index (χ3n) is 3.49. The molecule has 3 rings (SSSR count). The molecule has 0 saturated heterocycles. The number of para-hydroxylation sites is 1. The lowest BCUT2D eigenvalue weighted by molar-refractivity contribution is 0.318. The van der Waals surface area contributed by atoms with Crippen molar-refractivity contribution >= 4 is 38.7 Å². The van der Waals surface area contributed by atoms with Gasteiger partial charge in [0, 0.05) is 32.5 Å². The van der Waals surface area contributed by atoms with Gasteiger partial charge in [0.2, 0.25) is 0 Å².